The second-order valence-electron chi connectivity index (χ2n) is 4.42. The van der Waals surface area contributed by atoms with Crippen molar-refractivity contribution in [2.45, 2.75) is 26.2 Å². The quantitative estimate of drug-likeness (QED) is 0.591. The molecular weight excluding hydrogens is 160 g/mol. The van der Waals surface area contributed by atoms with E-state index in [-0.39, 0.29) is 5.41 Å². The third kappa shape index (κ3) is 1.44. The normalized spacial score (nSPS) is 12.2. The number of fused-ring (bicyclic) bond motifs is 1. The fourth-order valence-corrected chi connectivity index (χ4v) is 1.41. The highest BCUT2D eigenvalue weighted by Gasteiger charge is 2.15. The van der Waals surface area contributed by atoms with Crippen LogP contribution in [0.3, 0.4) is 0 Å². The van der Waals surface area contributed by atoms with Crippen LogP contribution < -0.4 is 4.40 Å². The van der Waals surface area contributed by atoms with Crippen molar-refractivity contribution >= 4 is 5.65 Å². The third-order valence-electron chi connectivity index (χ3n) is 2.31. The fourth-order valence-electron chi connectivity index (χ4n) is 1.41. The van der Waals surface area contributed by atoms with Crippen LogP contribution in [0.1, 0.15) is 26.3 Å². The van der Waals surface area contributed by atoms with Crippen molar-refractivity contribution in [2.24, 2.45) is 0 Å². The number of nitrogens with zero attached hydrogens (tertiary/aromatic N) is 1. The van der Waals surface area contributed by atoms with Crippen LogP contribution in [0.5, 0.6) is 0 Å². The monoisotopic (exact) mass is 175 g/mol. The second kappa shape index (κ2) is 2.59. The first kappa shape index (κ1) is 8.30. The van der Waals surface area contributed by atoms with E-state index >= 15 is 0 Å². The average molecular weight is 175 g/mol. The summed E-state index contributed by atoms with van der Waals surface area (Å²) < 4.78 is 2.11. The van der Waals surface area contributed by atoms with Gasteiger partial charge in [0, 0.05) is 6.07 Å². The van der Waals surface area contributed by atoms with Gasteiger partial charge in [-0.15, -0.1) is 0 Å². The van der Waals surface area contributed by atoms with E-state index in [1.807, 2.05) is 12.4 Å². The van der Waals surface area contributed by atoms with Crippen molar-refractivity contribution in [2.75, 3.05) is 0 Å². The van der Waals surface area contributed by atoms with Crippen LogP contribution in [0.15, 0.2) is 30.7 Å². The van der Waals surface area contributed by atoms with E-state index in [2.05, 4.69) is 48.5 Å². The molecule has 0 saturated heterocycles. The van der Waals surface area contributed by atoms with Crippen molar-refractivity contribution in [3.8, 4) is 0 Å². The minimum Gasteiger partial charge on any atom is -0.243 e. The number of hydrogen-bond acceptors (Lipinski definition) is 0. The van der Waals surface area contributed by atoms with Gasteiger partial charge in [0.2, 0.25) is 0 Å². The Morgan fingerprint density at radius 2 is 2.00 bits per heavy atom. The highest BCUT2D eigenvalue weighted by molar-refractivity contribution is 5.31. The van der Waals surface area contributed by atoms with E-state index in [1.165, 1.54) is 5.56 Å². The lowest BCUT2D eigenvalue weighted by molar-refractivity contribution is -0.510. The molecule has 0 fully saturated rings. The number of pyridine rings is 1. The van der Waals surface area contributed by atoms with Gasteiger partial charge >= 0.3 is 0 Å². The molecule has 0 radical (unpaired) electrons. The summed E-state index contributed by atoms with van der Waals surface area (Å²) in [5.41, 5.74) is 2.70. The molecule has 2 aromatic rings. The van der Waals surface area contributed by atoms with Gasteiger partial charge in [-0.2, -0.15) is 0 Å². The lowest BCUT2D eigenvalue weighted by Gasteiger charge is -2.16. The van der Waals surface area contributed by atoms with E-state index in [4.69, 9.17) is 0 Å². The SMILES string of the molecule is CC(C)(C)c1ccc2[nH]cc[n+]2c1. The molecule has 0 aliphatic heterocycles. The van der Waals surface area contributed by atoms with Gasteiger partial charge in [-0.25, -0.2) is 9.38 Å². The van der Waals surface area contributed by atoms with Crippen molar-refractivity contribution in [3.63, 3.8) is 0 Å². The molecule has 0 atom stereocenters. The van der Waals surface area contributed by atoms with E-state index in [1.54, 1.807) is 0 Å². The zero-order valence-corrected chi connectivity index (χ0v) is 8.33. The maximum Gasteiger partial charge on any atom is 0.283 e. The molecule has 0 saturated carbocycles. The van der Waals surface area contributed by atoms with Gasteiger partial charge < -0.3 is 0 Å². The molecule has 2 heterocycles. The number of nitrogens with one attached hydrogen (secondary N) is 1. The first-order chi connectivity index (χ1) is 6.07. The first-order valence-electron chi connectivity index (χ1n) is 4.56. The molecule has 68 valence electrons. The average Bonchev–Trinajstić information content (AvgIpc) is 2.47. The minimum atomic E-state index is 0.221. The van der Waals surface area contributed by atoms with Gasteiger partial charge in [-0.3, -0.25) is 0 Å². The predicted molar refractivity (Wildman–Crippen MR) is 52.7 cm³/mol. The van der Waals surface area contributed by atoms with Crippen molar-refractivity contribution < 1.29 is 4.40 Å². The second-order valence-corrected chi connectivity index (χ2v) is 4.42. The van der Waals surface area contributed by atoms with E-state index in [0.29, 0.717) is 0 Å². The maximum absolute atomic E-state index is 3.16. The zero-order valence-electron chi connectivity index (χ0n) is 8.33. The molecule has 0 spiro atoms. The van der Waals surface area contributed by atoms with Gasteiger partial charge in [0.1, 0.15) is 12.4 Å². The molecule has 0 aliphatic carbocycles. The Kier molecular flexibility index (Phi) is 1.65. The number of aromatic amines is 1. The summed E-state index contributed by atoms with van der Waals surface area (Å²) in [5.74, 6) is 0. The fraction of sp³-hybridized carbons (Fsp3) is 0.364. The Hall–Kier alpha value is -1.31. The van der Waals surface area contributed by atoms with E-state index < -0.39 is 0 Å². The smallest absolute Gasteiger partial charge is 0.243 e. The lowest BCUT2D eigenvalue weighted by atomic mass is 9.88. The number of rotatable bonds is 0. The van der Waals surface area contributed by atoms with Crippen molar-refractivity contribution in [1.82, 2.24) is 4.98 Å². The maximum atomic E-state index is 3.16. The van der Waals surface area contributed by atoms with Crippen LogP contribution >= 0.6 is 0 Å². The summed E-state index contributed by atoms with van der Waals surface area (Å²) in [6, 6.07) is 4.28. The molecule has 2 heteroatoms. The summed E-state index contributed by atoms with van der Waals surface area (Å²) in [4.78, 5) is 3.16. The number of aromatic nitrogens is 2. The molecule has 13 heavy (non-hydrogen) atoms. The summed E-state index contributed by atoms with van der Waals surface area (Å²) in [7, 11) is 0. The predicted octanol–water partition coefficient (Wildman–Crippen LogP) is 2.05. The lowest BCUT2D eigenvalue weighted by Crippen LogP contribution is -2.22. The highest BCUT2D eigenvalue weighted by atomic mass is 15.0. The van der Waals surface area contributed by atoms with Crippen LogP contribution in [0, 0.1) is 0 Å². The Morgan fingerprint density at radius 1 is 1.23 bits per heavy atom. The standard InChI is InChI=1S/C11H14N2/c1-11(2,3)9-4-5-10-12-6-7-13(10)8-9/h4-8H,1-3H3/p+1. The molecule has 0 unspecified atom stereocenters. The Morgan fingerprint density at radius 3 is 2.69 bits per heavy atom. The molecular formula is C11H15N2+. The molecule has 0 aliphatic rings. The molecule has 2 aromatic heterocycles. The molecule has 0 bridgehead atoms. The molecule has 0 amide bonds. The van der Waals surface area contributed by atoms with E-state index in [0.717, 1.165) is 5.65 Å². The number of H-pyrrole nitrogens is 1. The summed E-state index contributed by atoms with van der Waals surface area (Å²) in [6.45, 7) is 6.67. The van der Waals surface area contributed by atoms with Crippen LogP contribution in [-0.4, -0.2) is 4.98 Å². The van der Waals surface area contributed by atoms with Crippen molar-refractivity contribution in [3.05, 3.63) is 36.3 Å². The summed E-state index contributed by atoms with van der Waals surface area (Å²) in [5, 5.41) is 0. The zero-order chi connectivity index (χ0) is 9.47. The molecule has 2 rings (SSSR count). The summed E-state index contributed by atoms with van der Waals surface area (Å²) >= 11 is 0. The largest absolute Gasteiger partial charge is 0.283 e. The highest BCUT2D eigenvalue weighted by Crippen LogP contribution is 2.20. The topological polar surface area (TPSA) is 19.9 Å². The van der Waals surface area contributed by atoms with Crippen LogP contribution in [0.2, 0.25) is 0 Å². The van der Waals surface area contributed by atoms with E-state index in [9.17, 15) is 0 Å². The molecule has 0 aromatic carbocycles. The molecule has 1 N–H and O–H groups in total. The van der Waals surface area contributed by atoms with Crippen LogP contribution in [0.4, 0.5) is 0 Å². The van der Waals surface area contributed by atoms with Gasteiger partial charge in [-0.1, -0.05) is 20.8 Å². The number of hydrogen-bond donors (Lipinski definition) is 1. The Bertz CT molecular complexity index is 421. The Labute approximate surface area is 78.2 Å². The third-order valence-corrected chi connectivity index (χ3v) is 2.31. The van der Waals surface area contributed by atoms with Gasteiger partial charge in [0.15, 0.2) is 0 Å². The Balaban J connectivity index is 2.61. The van der Waals surface area contributed by atoms with Crippen LogP contribution in [0.25, 0.3) is 5.65 Å². The molecule has 2 nitrogen and oxygen atoms in total. The van der Waals surface area contributed by atoms with Gasteiger partial charge in [-0.05, 0) is 17.0 Å². The van der Waals surface area contributed by atoms with Gasteiger partial charge in [0.25, 0.3) is 5.65 Å². The summed E-state index contributed by atoms with van der Waals surface area (Å²) in [6.07, 6.45) is 6.15. The van der Waals surface area contributed by atoms with Gasteiger partial charge in [0.05, 0.1) is 6.20 Å². The number of imidazole rings is 1. The first-order valence-corrected chi connectivity index (χ1v) is 4.56. The van der Waals surface area contributed by atoms with Crippen LogP contribution in [-0.2, 0) is 5.41 Å². The van der Waals surface area contributed by atoms with Crippen molar-refractivity contribution in [1.29, 1.82) is 0 Å². The minimum absolute atomic E-state index is 0.221.